The van der Waals surface area contributed by atoms with Crippen molar-refractivity contribution in [2.24, 2.45) is 5.92 Å². The Morgan fingerprint density at radius 2 is 0.324 bits per heavy atom. The Morgan fingerprint density at radius 3 is 0.493 bits per heavy atom. The van der Waals surface area contributed by atoms with Crippen molar-refractivity contribution < 1.29 is 95.1 Å². The van der Waals surface area contributed by atoms with E-state index in [1.54, 1.807) is 0 Å². The Morgan fingerprint density at radius 1 is 0.183 bits per heavy atom. The monoisotopic (exact) mass is 1040 g/mol. The van der Waals surface area contributed by atoms with Gasteiger partial charge in [-0.15, -0.1) is 0 Å². The van der Waals surface area contributed by atoms with E-state index in [2.05, 4.69) is 13.8 Å². The summed E-state index contributed by atoms with van der Waals surface area (Å²) in [5, 5.41) is 8.61. The van der Waals surface area contributed by atoms with Crippen molar-refractivity contribution in [1.82, 2.24) is 0 Å². The van der Waals surface area contributed by atoms with Crippen LogP contribution in [0.1, 0.15) is 71.6 Å². The SMILES string of the molecule is CC(C)CCCCCCCCCCOCCOCCOCCOCCOCCOCCOCCOCCOCCOCCOCCOCCOCCOCCOCCOCCOCCOCCOCCO. The first kappa shape index (κ1) is 70.2. The molecule has 20 nitrogen and oxygen atoms in total. The largest absolute Gasteiger partial charge is 0.394 e. The summed E-state index contributed by atoms with van der Waals surface area (Å²) >= 11 is 0. The Labute approximate surface area is 429 Å². The van der Waals surface area contributed by atoms with Crippen LogP contribution >= 0.6 is 0 Å². The van der Waals surface area contributed by atoms with E-state index < -0.39 is 0 Å². The smallest absolute Gasteiger partial charge is 0.0701 e. The third-order valence-corrected chi connectivity index (χ3v) is 9.75. The van der Waals surface area contributed by atoms with Gasteiger partial charge in [0, 0.05) is 6.61 Å². The summed E-state index contributed by atoms with van der Waals surface area (Å²) in [4.78, 5) is 0. The number of rotatable bonds is 67. The van der Waals surface area contributed by atoms with Gasteiger partial charge in [0.25, 0.3) is 0 Å². The minimum atomic E-state index is 0.0207. The standard InChI is InChI=1S/C51H104O20/c1-51(2)11-9-7-5-3-4-6-8-10-13-53-15-17-55-19-21-57-23-25-59-27-29-61-31-33-63-35-37-65-39-41-67-43-45-69-47-49-71-50-48-70-46-44-68-42-40-66-38-36-64-34-32-62-30-28-60-26-24-58-22-20-56-18-16-54-14-12-52/h51-52H,3-50H2,1-2H3. The van der Waals surface area contributed by atoms with E-state index in [-0.39, 0.29) is 6.61 Å². The molecule has 0 heterocycles. The van der Waals surface area contributed by atoms with E-state index in [0.717, 1.165) is 18.9 Å². The summed E-state index contributed by atoms with van der Waals surface area (Å²) in [7, 11) is 0. The van der Waals surface area contributed by atoms with Gasteiger partial charge in [0.1, 0.15) is 0 Å². The lowest BCUT2D eigenvalue weighted by atomic mass is 10.0. The minimum Gasteiger partial charge on any atom is -0.394 e. The van der Waals surface area contributed by atoms with Gasteiger partial charge in [-0.2, -0.15) is 0 Å². The molecule has 0 aromatic heterocycles. The van der Waals surface area contributed by atoms with Crippen LogP contribution in [0.15, 0.2) is 0 Å². The van der Waals surface area contributed by atoms with Gasteiger partial charge in [-0.05, 0) is 12.3 Å². The van der Waals surface area contributed by atoms with Crippen LogP contribution in [0.25, 0.3) is 0 Å². The van der Waals surface area contributed by atoms with Crippen LogP contribution in [0, 0.1) is 5.92 Å². The van der Waals surface area contributed by atoms with Crippen LogP contribution in [0.4, 0.5) is 0 Å². The van der Waals surface area contributed by atoms with E-state index in [1.807, 2.05) is 0 Å². The summed E-state index contributed by atoms with van der Waals surface area (Å²) in [5.74, 6) is 0.841. The highest BCUT2D eigenvalue weighted by Crippen LogP contribution is 2.12. The molecule has 0 aliphatic heterocycles. The molecular formula is C51H104O20. The summed E-state index contributed by atoms with van der Waals surface area (Å²) in [6, 6.07) is 0. The zero-order valence-electron chi connectivity index (χ0n) is 44.7. The van der Waals surface area contributed by atoms with Crippen molar-refractivity contribution in [3.63, 3.8) is 0 Å². The fraction of sp³-hybridized carbons (Fsp3) is 1.00. The fourth-order valence-corrected chi connectivity index (χ4v) is 5.94. The van der Waals surface area contributed by atoms with Crippen LogP contribution in [-0.2, 0) is 90.0 Å². The van der Waals surface area contributed by atoms with Crippen molar-refractivity contribution in [2.75, 3.05) is 258 Å². The van der Waals surface area contributed by atoms with Crippen molar-refractivity contribution in [1.29, 1.82) is 0 Å². The van der Waals surface area contributed by atoms with Gasteiger partial charge in [0.2, 0.25) is 0 Å². The molecule has 0 saturated heterocycles. The molecule has 0 aromatic carbocycles. The van der Waals surface area contributed by atoms with E-state index >= 15 is 0 Å². The first-order valence-electron chi connectivity index (χ1n) is 26.8. The second-order valence-electron chi connectivity index (χ2n) is 16.4. The maximum absolute atomic E-state index is 8.61. The fourth-order valence-electron chi connectivity index (χ4n) is 5.94. The molecule has 0 aliphatic carbocycles. The third kappa shape index (κ3) is 69.2. The highest BCUT2D eigenvalue weighted by atomic mass is 16.6. The van der Waals surface area contributed by atoms with Gasteiger partial charge in [0.15, 0.2) is 0 Å². The molecule has 1 N–H and O–H groups in total. The van der Waals surface area contributed by atoms with E-state index in [1.165, 1.54) is 51.4 Å². The number of ether oxygens (including phenoxy) is 19. The molecule has 20 heteroatoms. The van der Waals surface area contributed by atoms with Crippen LogP contribution in [0.3, 0.4) is 0 Å². The Bertz CT molecular complexity index is 917. The molecule has 0 aliphatic rings. The normalized spacial score (nSPS) is 11.8. The lowest BCUT2D eigenvalue weighted by molar-refractivity contribution is -0.0313. The summed E-state index contributed by atoms with van der Waals surface area (Å²) in [5.41, 5.74) is 0. The lowest BCUT2D eigenvalue weighted by Gasteiger charge is -2.09. The molecule has 0 atom stereocenters. The number of aliphatic hydroxyl groups excluding tert-OH is 1. The molecule has 0 aromatic rings. The second-order valence-corrected chi connectivity index (χ2v) is 16.4. The summed E-state index contributed by atoms with van der Waals surface area (Å²) in [6.45, 7) is 24.1. The molecule has 0 radical (unpaired) electrons. The number of unbranched alkanes of at least 4 members (excludes halogenated alkanes) is 7. The van der Waals surface area contributed by atoms with Crippen molar-refractivity contribution in [3.8, 4) is 0 Å². The van der Waals surface area contributed by atoms with Crippen molar-refractivity contribution in [3.05, 3.63) is 0 Å². The molecular weight excluding hydrogens is 933 g/mol. The van der Waals surface area contributed by atoms with Crippen LogP contribution in [0.5, 0.6) is 0 Å². The Kier molecular flexibility index (Phi) is 66.5. The van der Waals surface area contributed by atoms with E-state index in [4.69, 9.17) is 95.1 Å². The van der Waals surface area contributed by atoms with E-state index in [0.29, 0.717) is 244 Å². The van der Waals surface area contributed by atoms with Gasteiger partial charge in [-0.3, -0.25) is 0 Å². The molecule has 0 unspecified atom stereocenters. The number of aliphatic hydroxyl groups is 1. The molecule has 428 valence electrons. The van der Waals surface area contributed by atoms with Crippen LogP contribution in [0.2, 0.25) is 0 Å². The maximum Gasteiger partial charge on any atom is 0.0701 e. The quantitative estimate of drug-likeness (QED) is 0.0838. The van der Waals surface area contributed by atoms with Gasteiger partial charge < -0.3 is 95.1 Å². The van der Waals surface area contributed by atoms with Crippen molar-refractivity contribution >= 4 is 0 Å². The highest BCUT2D eigenvalue weighted by Gasteiger charge is 2.00. The van der Waals surface area contributed by atoms with Gasteiger partial charge in [-0.25, -0.2) is 0 Å². The van der Waals surface area contributed by atoms with Gasteiger partial charge in [0.05, 0.1) is 251 Å². The average Bonchev–Trinajstić information content (AvgIpc) is 3.37. The Hall–Kier alpha value is -0.800. The third-order valence-electron chi connectivity index (χ3n) is 9.75. The molecule has 0 rings (SSSR count). The molecule has 0 bridgehead atoms. The van der Waals surface area contributed by atoms with Gasteiger partial charge >= 0.3 is 0 Å². The van der Waals surface area contributed by atoms with E-state index in [9.17, 15) is 0 Å². The first-order chi connectivity index (χ1) is 35.3. The summed E-state index contributed by atoms with van der Waals surface area (Å²) in [6.07, 6.45) is 12.0. The predicted molar refractivity (Wildman–Crippen MR) is 269 cm³/mol. The Balaban J connectivity index is 3.07. The first-order valence-corrected chi connectivity index (χ1v) is 26.8. The maximum atomic E-state index is 8.61. The predicted octanol–water partition coefficient (Wildman–Crippen LogP) is 4.46. The topological polar surface area (TPSA) is 196 Å². The molecule has 0 fully saturated rings. The molecule has 71 heavy (non-hydrogen) atoms. The average molecular weight is 1040 g/mol. The molecule has 0 amide bonds. The number of hydrogen-bond acceptors (Lipinski definition) is 20. The zero-order chi connectivity index (χ0) is 51.0. The zero-order valence-corrected chi connectivity index (χ0v) is 44.7. The van der Waals surface area contributed by atoms with Gasteiger partial charge in [-0.1, -0.05) is 65.2 Å². The molecule has 0 spiro atoms. The van der Waals surface area contributed by atoms with Crippen molar-refractivity contribution in [2.45, 2.75) is 71.6 Å². The number of hydrogen-bond donors (Lipinski definition) is 1. The van der Waals surface area contributed by atoms with Crippen LogP contribution < -0.4 is 0 Å². The highest BCUT2D eigenvalue weighted by molar-refractivity contribution is 4.50. The second kappa shape index (κ2) is 67.2. The summed E-state index contributed by atoms with van der Waals surface area (Å²) < 4.78 is 104. The lowest BCUT2D eigenvalue weighted by Crippen LogP contribution is -2.16. The van der Waals surface area contributed by atoms with Crippen LogP contribution in [-0.4, -0.2) is 263 Å². The minimum absolute atomic E-state index is 0.0207. The molecule has 0 saturated carbocycles.